The average Bonchev–Trinajstić information content (AvgIpc) is 2.30. The zero-order valence-corrected chi connectivity index (χ0v) is 11.5. The predicted molar refractivity (Wildman–Crippen MR) is 70.3 cm³/mol. The van der Waals surface area contributed by atoms with Gasteiger partial charge < -0.3 is 14.4 Å². The normalized spacial score (nSPS) is 20.2. The summed E-state index contributed by atoms with van der Waals surface area (Å²) in [6.07, 6.45) is 2.27. The van der Waals surface area contributed by atoms with Crippen LogP contribution in [0.25, 0.3) is 0 Å². The third-order valence-electron chi connectivity index (χ3n) is 3.32. The molecule has 3 nitrogen and oxygen atoms in total. The summed E-state index contributed by atoms with van der Waals surface area (Å²) >= 11 is 4.52. The van der Waals surface area contributed by atoms with Crippen LogP contribution in [0.5, 0.6) is 0 Å². The smallest absolute Gasteiger partial charge is 0.0593 e. The van der Waals surface area contributed by atoms with Gasteiger partial charge in [-0.05, 0) is 38.0 Å². The molecular weight excluding hydrogens is 222 g/mol. The SMILES string of the molecule is CCOCCN(C)CC1(CS)CCOCC1. The van der Waals surface area contributed by atoms with Crippen LogP contribution in [0, 0.1) is 5.41 Å². The van der Waals surface area contributed by atoms with Crippen molar-refractivity contribution in [1.29, 1.82) is 0 Å². The van der Waals surface area contributed by atoms with Gasteiger partial charge in [-0.1, -0.05) is 0 Å². The molecule has 0 saturated carbocycles. The molecule has 0 aliphatic carbocycles. The first-order valence-corrected chi connectivity index (χ1v) is 6.80. The number of hydrogen-bond acceptors (Lipinski definition) is 4. The minimum absolute atomic E-state index is 0.350. The summed E-state index contributed by atoms with van der Waals surface area (Å²) in [5, 5.41) is 0. The van der Waals surface area contributed by atoms with Crippen LogP contribution in [-0.2, 0) is 9.47 Å². The molecule has 1 fully saturated rings. The number of hydrogen-bond donors (Lipinski definition) is 1. The van der Waals surface area contributed by atoms with Crippen molar-refractivity contribution in [1.82, 2.24) is 4.90 Å². The Bertz CT molecular complexity index is 184. The summed E-state index contributed by atoms with van der Waals surface area (Å²) in [7, 11) is 2.17. The molecule has 0 aromatic heterocycles. The monoisotopic (exact) mass is 247 g/mol. The Morgan fingerprint density at radius 2 is 2.06 bits per heavy atom. The van der Waals surface area contributed by atoms with Crippen LogP contribution in [0.3, 0.4) is 0 Å². The van der Waals surface area contributed by atoms with Crippen molar-refractivity contribution in [2.45, 2.75) is 19.8 Å². The summed E-state index contributed by atoms with van der Waals surface area (Å²) in [6, 6.07) is 0. The van der Waals surface area contributed by atoms with E-state index in [-0.39, 0.29) is 0 Å². The predicted octanol–water partition coefficient (Wildman–Crippen LogP) is 1.68. The van der Waals surface area contributed by atoms with E-state index in [9.17, 15) is 0 Å². The highest BCUT2D eigenvalue weighted by atomic mass is 32.1. The minimum Gasteiger partial charge on any atom is -0.381 e. The van der Waals surface area contributed by atoms with Gasteiger partial charge in [0.15, 0.2) is 0 Å². The summed E-state index contributed by atoms with van der Waals surface area (Å²) < 4.78 is 10.8. The first-order chi connectivity index (χ1) is 7.72. The van der Waals surface area contributed by atoms with Gasteiger partial charge in [0.05, 0.1) is 6.61 Å². The molecule has 1 aliphatic rings. The molecule has 0 unspecified atom stereocenters. The maximum atomic E-state index is 5.43. The molecule has 0 aromatic rings. The third-order valence-corrected chi connectivity index (χ3v) is 3.99. The van der Waals surface area contributed by atoms with Crippen LogP contribution in [0.4, 0.5) is 0 Å². The zero-order valence-electron chi connectivity index (χ0n) is 10.6. The van der Waals surface area contributed by atoms with E-state index in [0.29, 0.717) is 5.41 Å². The molecular formula is C12H25NO2S. The van der Waals surface area contributed by atoms with E-state index in [1.807, 2.05) is 6.92 Å². The van der Waals surface area contributed by atoms with Crippen LogP contribution in [0.1, 0.15) is 19.8 Å². The number of rotatable bonds is 7. The molecule has 16 heavy (non-hydrogen) atoms. The highest BCUT2D eigenvalue weighted by molar-refractivity contribution is 7.80. The van der Waals surface area contributed by atoms with Crippen molar-refractivity contribution in [3.63, 3.8) is 0 Å². The lowest BCUT2D eigenvalue weighted by atomic mass is 9.81. The molecule has 4 heteroatoms. The Balaban J connectivity index is 2.30. The highest BCUT2D eigenvalue weighted by Crippen LogP contribution is 2.32. The maximum absolute atomic E-state index is 5.43. The number of nitrogens with zero attached hydrogens (tertiary/aromatic N) is 1. The van der Waals surface area contributed by atoms with Gasteiger partial charge in [-0.15, -0.1) is 0 Å². The highest BCUT2D eigenvalue weighted by Gasteiger charge is 2.32. The van der Waals surface area contributed by atoms with E-state index < -0.39 is 0 Å². The first-order valence-electron chi connectivity index (χ1n) is 6.17. The fourth-order valence-electron chi connectivity index (χ4n) is 2.19. The van der Waals surface area contributed by atoms with Gasteiger partial charge in [0.1, 0.15) is 0 Å². The maximum Gasteiger partial charge on any atom is 0.0593 e. The number of ether oxygens (including phenoxy) is 2. The fraction of sp³-hybridized carbons (Fsp3) is 1.00. The second-order valence-electron chi connectivity index (χ2n) is 4.71. The number of likely N-dealkylation sites (N-methyl/N-ethyl adjacent to an activating group) is 1. The molecule has 1 rings (SSSR count). The summed E-state index contributed by atoms with van der Waals surface area (Å²) in [5.41, 5.74) is 0.350. The van der Waals surface area contributed by atoms with Gasteiger partial charge in [0.2, 0.25) is 0 Å². The van der Waals surface area contributed by atoms with E-state index >= 15 is 0 Å². The number of thiol groups is 1. The zero-order chi connectivity index (χ0) is 11.9. The molecule has 0 radical (unpaired) electrons. The van der Waals surface area contributed by atoms with E-state index in [1.165, 1.54) is 0 Å². The molecule has 1 saturated heterocycles. The van der Waals surface area contributed by atoms with Gasteiger partial charge in [0.25, 0.3) is 0 Å². The minimum atomic E-state index is 0.350. The molecule has 1 heterocycles. The van der Waals surface area contributed by atoms with Crippen LogP contribution in [0.15, 0.2) is 0 Å². The van der Waals surface area contributed by atoms with Crippen LogP contribution >= 0.6 is 12.6 Å². The summed E-state index contributed by atoms with van der Waals surface area (Å²) in [5.74, 6) is 0.954. The molecule has 0 amide bonds. The van der Waals surface area contributed by atoms with E-state index in [1.54, 1.807) is 0 Å². The molecule has 0 spiro atoms. The quantitative estimate of drug-likeness (QED) is 0.546. The Morgan fingerprint density at radius 1 is 1.38 bits per heavy atom. The van der Waals surface area contributed by atoms with Crippen LogP contribution in [0.2, 0.25) is 0 Å². The lowest BCUT2D eigenvalue weighted by Gasteiger charge is -2.39. The molecule has 0 N–H and O–H groups in total. The lowest BCUT2D eigenvalue weighted by Crippen LogP contribution is -2.42. The fourth-order valence-corrected chi connectivity index (χ4v) is 2.60. The summed E-state index contributed by atoms with van der Waals surface area (Å²) in [4.78, 5) is 2.36. The van der Waals surface area contributed by atoms with Gasteiger partial charge in [0, 0.05) is 32.9 Å². The topological polar surface area (TPSA) is 21.7 Å². The summed E-state index contributed by atoms with van der Waals surface area (Å²) in [6.45, 7) is 7.55. The van der Waals surface area contributed by atoms with E-state index in [4.69, 9.17) is 9.47 Å². The Kier molecular flexibility index (Phi) is 6.73. The standard InChI is InChI=1S/C12H25NO2S/c1-3-14-9-6-13(2)10-12(11-16)4-7-15-8-5-12/h16H,3-11H2,1-2H3. The van der Waals surface area contributed by atoms with Gasteiger partial charge >= 0.3 is 0 Å². The van der Waals surface area contributed by atoms with Gasteiger partial charge in [-0.2, -0.15) is 12.6 Å². The van der Waals surface area contributed by atoms with Crippen molar-refractivity contribution >= 4 is 12.6 Å². The first kappa shape index (κ1) is 14.3. The van der Waals surface area contributed by atoms with E-state index in [2.05, 4.69) is 24.6 Å². The van der Waals surface area contributed by atoms with Crippen LogP contribution in [-0.4, -0.2) is 57.2 Å². The largest absolute Gasteiger partial charge is 0.381 e. The second-order valence-corrected chi connectivity index (χ2v) is 5.02. The molecule has 0 atom stereocenters. The molecule has 0 aromatic carbocycles. The van der Waals surface area contributed by atoms with Crippen molar-refractivity contribution in [2.75, 3.05) is 52.3 Å². The Morgan fingerprint density at radius 3 is 2.62 bits per heavy atom. The Hall–Kier alpha value is 0.230. The van der Waals surface area contributed by atoms with Gasteiger partial charge in [-0.25, -0.2) is 0 Å². The van der Waals surface area contributed by atoms with Crippen molar-refractivity contribution in [2.24, 2.45) is 5.41 Å². The molecule has 96 valence electrons. The van der Waals surface area contributed by atoms with Crippen molar-refractivity contribution in [3.8, 4) is 0 Å². The van der Waals surface area contributed by atoms with E-state index in [0.717, 1.165) is 58.1 Å². The average molecular weight is 247 g/mol. The second kappa shape index (κ2) is 7.54. The van der Waals surface area contributed by atoms with Crippen LogP contribution < -0.4 is 0 Å². The van der Waals surface area contributed by atoms with Crippen molar-refractivity contribution in [3.05, 3.63) is 0 Å². The van der Waals surface area contributed by atoms with Gasteiger partial charge in [-0.3, -0.25) is 0 Å². The molecule has 0 bridgehead atoms. The van der Waals surface area contributed by atoms with Crippen molar-refractivity contribution < 1.29 is 9.47 Å². The molecule has 1 aliphatic heterocycles. The lowest BCUT2D eigenvalue weighted by molar-refractivity contribution is 0.00760. The Labute approximate surface area is 105 Å². The third kappa shape index (κ3) is 4.62.